The number of benzene rings is 2. The van der Waals surface area contributed by atoms with Gasteiger partial charge < -0.3 is 4.74 Å². The monoisotopic (exact) mass is 371 g/mol. The highest BCUT2D eigenvalue weighted by molar-refractivity contribution is 9.10. The first-order valence-electron chi connectivity index (χ1n) is 7.45. The predicted octanol–water partition coefficient (Wildman–Crippen LogP) is 4.59. The Kier molecular flexibility index (Phi) is 5.95. The molecular weight excluding hydrogens is 354 g/mol. The summed E-state index contributed by atoms with van der Waals surface area (Å²) in [5.74, 6) is -1.71. The summed E-state index contributed by atoms with van der Waals surface area (Å²) in [6.45, 7) is 3.99. The van der Waals surface area contributed by atoms with Gasteiger partial charge in [-0.1, -0.05) is 52.3 Å². The van der Waals surface area contributed by atoms with E-state index in [9.17, 15) is 10.1 Å². The van der Waals surface area contributed by atoms with E-state index < -0.39 is 11.9 Å². The standard InChI is InChI=1S/C19H18BrNO2/c1-3-23-19(22)17(12-21)18(14-8-10-15(20)11-9-14)16-7-5-4-6-13(16)2/h4-11,17-18H,3H2,1-2H3/t17-,18-/m0/s1. The summed E-state index contributed by atoms with van der Waals surface area (Å²) >= 11 is 3.42. The molecule has 0 heterocycles. The third kappa shape index (κ3) is 4.00. The van der Waals surface area contributed by atoms with Gasteiger partial charge in [-0.05, 0) is 42.7 Å². The zero-order valence-corrected chi connectivity index (χ0v) is 14.7. The van der Waals surface area contributed by atoms with Crippen LogP contribution in [0.3, 0.4) is 0 Å². The zero-order valence-electron chi connectivity index (χ0n) is 13.1. The topological polar surface area (TPSA) is 50.1 Å². The van der Waals surface area contributed by atoms with Gasteiger partial charge in [0.1, 0.15) is 0 Å². The van der Waals surface area contributed by atoms with Crippen molar-refractivity contribution >= 4 is 21.9 Å². The predicted molar refractivity (Wildman–Crippen MR) is 92.9 cm³/mol. The van der Waals surface area contributed by atoms with Gasteiger partial charge in [-0.25, -0.2) is 0 Å². The van der Waals surface area contributed by atoms with E-state index in [2.05, 4.69) is 22.0 Å². The number of hydrogen-bond acceptors (Lipinski definition) is 3. The van der Waals surface area contributed by atoms with E-state index in [-0.39, 0.29) is 12.5 Å². The zero-order chi connectivity index (χ0) is 16.8. The minimum atomic E-state index is -0.878. The van der Waals surface area contributed by atoms with Crippen LogP contribution >= 0.6 is 15.9 Å². The van der Waals surface area contributed by atoms with Crippen LogP contribution in [0.4, 0.5) is 0 Å². The van der Waals surface area contributed by atoms with Crippen molar-refractivity contribution in [3.63, 3.8) is 0 Å². The van der Waals surface area contributed by atoms with Gasteiger partial charge in [0.15, 0.2) is 5.92 Å². The third-order valence-corrected chi connectivity index (χ3v) is 4.29. The van der Waals surface area contributed by atoms with Crippen LogP contribution in [0.1, 0.15) is 29.5 Å². The molecule has 0 N–H and O–H groups in total. The molecule has 0 saturated heterocycles. The van der Waals surface area contributed by atoms with E-state index in [0.717, 1.165) is 21.2 Å². The maximum absolute atomic E-state index is 12.3. The molecule has 118 valence electrons. The fourth-order valence-electron chi connectivity index (χ4n) is 2.65. The first-order chi connectivity index (χ1) is 11.1. The summed E-state index contributed by atoms with van der Waals surface area (Å²) < 4.78 is 6.06. The second kappa shape index (κ2) is 7.94. The number of hydrogen-bond donors (Lipinski definition) is 0. The molecule has 3 nitrogen and oxygen atoms in total. The Bertz CT molecular complexity index is 719. The molecule has 0 radical (unpaired) electrons. The van der Waals surface area contributed by atoms with Crippen LogP contribution in [0, 0.1) is 24.2 Å². The lowest BCUT2D eigenvalue weighted by molar-refractivity contribution is -0.146. The summed E-state index contributed by atoms with van der Waals surface area (Å²) in [5.41, 5.74) is 2.93. The number of carbonyl (C=O) groups is 1. The smallest absolute Gasteiger partial charge is 0.324 e. The van der Waals surface area contributed by atoms with Crippen LogP contribution in [0.5, 0.6) is 0 Å². The first-order valence-corrected chi connectivity index (χ1v) is 8.25. The number of carbonyl (C=O) groups excluding carboxylic acids is 1. The van der Waals surface area contributed by atoms with Crippen LogP contribution in [-0.2, 0) is 9.53 Å². The van der Waals surface area contributed by atoms with Crippen molar-refractivity contribution in [2.75, 3.05) is 6.61 Å². The van der Waals surface area contributed by atoms with E-state index in [1.54, 1.807) is 6.92 Å². The van der Waals surface area contributed by atoms with Crippen molar-refractivity contribution in [1.29, 1.82) is 5.26 Å². The quantitative estimate of drug-likeness (QED) is 0.722. The molecule has 0 bridgehead atoms. The van der Waals surface area contributed by atoms with E-state index in [0.29, 0.717) is 0 Å². The van der Waals surface area contributed by atoms with Crippen molar-refractivity contribution in [3.05, 3.63) is 69.7 Å². The van der Waals surface area contributed by atoms with Gasteiger partial charge in [0.25, 0.3) is 0 Å². The van der Waals surface area contributed by atoms with E-state index >= 15 is 0 Å². The Morgan fingerprint density at radius 3 is 2.43 bits per heavy atom. The molecule has 2 aromatic carbocycles. The summed E-state index contributed by atoms with van der Waals surface area (Å²) in [6.07, 6.45) is 0. The molecule has 0 spiro atoms. The molecule has 2 aromatic rings. The fourth-order valence-corrected chi connectivity index (χ4v) is 2.92. The van der Waals surface area contributed by atoms with Crippen LogP contribution < -0.4 is 0 Å². The molecule has 0 unspecified atom stereocenters. The highest BCUT2D eigenvalue weighted by Crippen LogP contribution is 2.35. The lowest BCUT2D eigenvalue weighted by Gasteiger charge is -2.23. The number of ether oxygens (including phenoxy) is 1. The number of halogens is 1. The lowest BCUT2D eigenvalue weighted by Crippen LogP contribution is -2.24. The summed E-state index contributed by atoms with van der Waals surface area (Å²) in [7, 11) is 0. The maximum atomic E-state index is 12.3. The molecule has 2 atom stereocenters. The second-order valence-electron chi connectivity index (χ2n) is 5.24. The Morgan fingerprint density at radius 2 is 1.87 bits per heavy atom. The molecule has 0 fully saturated rings. The van der Waals surface area contributed by atoms with Gasteiger partial charge >= 0.3 is 5.97 Å². The van der Waals surface area contributed by atoms with Gasteiger partial charge in [0.05, 0.1) is 12.7 Å². The number of esters is 1. The van der Waals surface area contributed by atoms with Crippen molar-refractivity contribution in [2.45, 2.75) is 19.8 Å². The average Bonchev–Trinajstić information content (AvgIpc) is 2.55. The van der Waals surface area contributed by atoms with Crippen molar-refractivity contribution in [2.24, 2.45) is 5.92 Å². The molecule has 0 amide bonds. The largest absolute Gasteiger partial charge is 0.465 e. The average molecular weight is 372 g/mol. The summed E-state index contributed by atoms with van der Waals surface area (Å²) in [5, 5.41) is 9.60. The molecule has 4 heteroatoms. The highest BCUT2D eigenvalue weighted by Gasteiger charge is 2.33. The van der Waals surface area contributed by atoms with E-state index in [1.165, 1.54) is 0 Å². The minimum absolute atomic E-state index is 0.262. The van der Waals surface area contributed by atoms with Crippen LogP contribution in [0.25, 0.3) is 0 Å². The van der Waals surface area contributed by atoms with E-state index in [4.69, 9.17) is 4.74 Å². The summed E-state index contributed by atoms with van der Waals surface area (Å²) in [4.78, 5) is 12.3. The van der Waals surface area contributed by atoms with Crippen LogP contribution in [0.15, 0.2) is 53.0 Å². The van der Waals surface area contributed by atoms with Crippen LogP contribution in [-0.4, -0.2) is 12.6 Å². The third-order valence-electron chi connectivity index (χ3n) is 3.77. The Labute approximate surface area is 145 Å². The van der Waals surface area contributed by atoms with Gasteiger partial charge in [0, 0.05) is 10.4 Å². The lowest BCUT2D eigenvalue weighted by atomic mass is 9.79. The van der Waals surface area contributed by atoms with Crippen molar-refractivity contribution in [1.82, 2.24) is 0 Å². The molecule has 0 aliphatic heterocycles. The van der Waals surface area contributed by atoms with Gasteiger partial charge in [0.2, 0.25) is 0 Å². The molecule has 0 aliphatic rings. The van der Waals surface area contributed by atoms with Gasteiger partial charge in [-0.15, -0.1) is 0 Å². The van der Waals surface area contributed by atoms with Crippen molar-refractivity contribution in [3.8, 4) is 6.07 Å². The number of nitrogens with zero attached hydrogens (tertiary/aromatic N) is 1. The van der Waals surface area contributed by atoms with Gasteiger partial charge in [-0.2, -0.15) is 5.26 Å². The van der Waals surface area contributed by atoms with E-state index in [1.807, 2.05) is 55.5 Å². The number of aryl methyl sites for hydroxylation is 1. The second-order valence-corrected chi connectivity index (χ2v) is 6.16. The number of rotatable bonds is 5. The Balaban J connectivity index is 2.55. The normalized spacial score (nSPS) is 13.0. The molecule has 0 aromatic heterocycles. The fraction of sp³-hybridized carbons (Fsp3) is 0.263. The molecule has 0 aliphatic carbocycles. The SMILES string of the molecule is CCOC(=O)[C@@H](C#N)[C@@H](c1ccc(Br)cc1)c1ccccc1C. The Hall–Kier alpha value is -2.12. The molecule has 0 saturated carbocycles. The van der Waals surface area contributed by atoms with Crippen LogP contribution in [0.2, 0.25) is 0 Å². The highest BCUT2D eigenvalue weighted by atomic mass is 79.9. The number of nitriles is 1. The summed E-state index contributed by atoms with van der Waals surface area (Å²) in [6, 6.07) is 17.7. The molecule has 2 rings (SSSR count). The molecular formula is C19H18BrNO2. The van der Waals surface area contributed by atoms with Gasteiger partial charge in [-0.3, -0.25) is 4.79 Å². The first kappa shape index (κ1) is 17.2. The maximum Gasteiger partial charge on any atom is 0.324 e. The molecule has 23 heavy (non-hydrogen) atoms. The minimum Gasteiger partial charge on any atom is -0.465 e. The Morgan fingerprint density at radius 1 is 1.22 bits per heavy atom. The van der Waals surface area contributed by atoms with Crippen molar-refractivity contribution < 1.29 is 9.53 Å².